The quantitative estimate of drug-likeness (QED) is 0.867. The number of aromatic nitrogens is 1. The molecule has 1 aromatic heterocycles. The first-order valence-corrected chi connectivity index (χ1v) is 8.67. The number of benzene rings is 1. The highest BCUT2D eigenvalue weighted by Crippen LogP contribution is 2.31. The largest absolute Gasteiger partial charge is 0.449 e. The summed E-state index contributed by atoms with van der Waals surface area (Å²) in [6, 6.07) is 10.6. The number of rotatable bonds is 4. The third-order valence-electron chi connectivity index (χ3n) is 5.12. The van der Waals surface area contributed by atoms with Gasteiger partial charge in [0.15, 0.2) is 5.89 Å². The van der Waals surface area contributed by atoms with E-state index in [0.29, 0.717) is 17.8 Å². The fourth-order valence-electron chi connectivity index (χ4n) is 3.96. The molecule has 1 aromatic carbocycles. The Kier molecular flexibility index (Phi) is 4.10. The molecule has 3 aliphatic heterocycles. The smallest absolute Gasteiger partial charge is 0.227 e. The van der Waals surface area contributed by atoms with Gasteiger partial charge < -0.3 is 9.32 Å². The topological polar surface area (TPSA) is 49.6 Å². The molecule has 0 unspecified atom stereocenters. The number of hydrogen-bond acceptors (Lipinski definition) is 4. The van der Waals surface area contributed by atoms with Crippen LogP contribution in [-0.4, -0.2) is 39.8 Å². The van der Waals surface area contributed by atoms with Gasteiger partial charge in [-0.2, -0.15) is 0 Å². The molecule has 24 heavy (non-hydrogen) atoms. The predicted molar refractivity (Wildman–Crippen MR) is 90.0 cm³/mol. The van der Waals surface area contributed by atoms with Crippen molar-refractivity contribution in [3.63, 3.8) is 0 Å². The Hall–Kier alpha value is -2.14. The maximum Gasteiger partial charge on any atom is 0.227 e. The van der Waals surface area contributed by atoms with Gasteiger partial charge in [0.1, 0.15) is 6.26 Å². The average Bonchev–Trinajstić information content (AvgIpc) is 2.82. The van der Waals surface area contributed by atoms with E-state index in [1.807, 2.05) is 25.1 Å². The van der Waals surface area contributed by atoms with Gasteiger partial charge in [0, 0.05) is 39.1 Å². The summed E-state index contributed by atoms with van der Waals surface area (Å²) < 4.78 is 5.31. The third kappa shape index (κ3) is 3.08. The highest BCUT2D eigenvalue weighted by Gasteiger charge is 2.40. The summed E-state index contributed by atoms with van der Waals surface area (Å²) in [5.74, 6) is 1.12. The molecule has 5 rings (SSSR count). The van der Waals surface area contributed by atoms with Gasteiger partial charge in [-0.05, 0) is 18.4 Å². The Balaban J connectivity index is 1.50. The third-order valence-corrected chi connectivity index (χ3v) is 5.12. The van der Waals surface area contributed by atoms with Gasteiger partial charge in [-0.3, -0.25) is 9.69 Å². The summed E-state index contributed by atoms with van der Waals surface area (Å²) in [7, 11) is 0. The van der Waals surface area contributed by atoms with E-state index < -0.39 is 0 Å². The van der Waals surface area contributed by atoms with Crippen molar-refractivity contribution in [2.75, 3.05) is 13.1 Å². The van der Waals surface area contributed by atoms with Gasteiger partial charge in [0.25, 0.3) is 0 Å². The molecule has 2 aromatic rings. The first kappa shape index (κ1) is 15.4. The van der Waals surface area contributed by atoms with Crippen LogP contribution in [-0.2, 0) is 17.9 Å². The zero-order chi connectivity index (χ0) is 16.5. The minimum atomic E-state index is 0.112. The number of carbonyl (C=O) groups is 1. The summed E-state index contributed by atoms with van der Waals surface area (Å²) in [4.78, 5) is 21.7. The van der Waals surface area contributed by atoms with Crippen molar-refractivity contribution in [3.8, 4) is 0 Å². The van der Waals surface area contributed by atoms with Crippen LogP contribution in [0.4, 0.5) is 0 Å². The molecule has 4 heterocycles. The van der Waals surface area contributed by atoms with Gasteiger partial charge in [0.2, 0.25) is 5.91 Å². The van der Waals surface area contributed by atoms with Crippen molar-refractivity contribution in [1.82, 2.24) is 14.8 Å². The van der Waals surface area contributed by atoms with Crippen LogP contribution in [0.15, 0.2) is 41.0 Å². The van der Waals surface area contributed by atoms with E-state index in [0.717, 1.165) is 44.7 Å². The normalized spacial score (nSPS) is 24.4. The van der Waals surface area contributed by atoms with Crippen molar-refractivity contribution >= 4 is 5.91 Å². The first-order valence-electron chi connectivity index (χ1n) is 8.67. The first-order chi connectivity index (χ1) is 11.7. The minimum absolute atomic E-state index is 0.112. The van der Waals surface area contributed by atoms with Gasteiger partial charge in [-0.1, -0.05) is 30.3 Å². The average molecular weight is 325 g/mol. The molecule has 0 saturated carbocycles. The zero-order valence-corrected chi connectivity index (χ0v) is 14.0. The highest BCUT2D eigenvalue weighted by molar-refractivity contribution is 5.80. The van der Waals surface area contributed by atoms with E-state index in [2.05, 4.69) is 26.9 Å². The van der Waals surface area contributed by atoms with E-state index >= 15 is 0 Å². The number of oxazole rings is 1. The molecule has 3 aliphatic rings. The van der Waals surface area contributed by atoms with E-state index in [-0.39, 0.29) is 5.92 Å². The van der Waals surface area contributed by atoms with Crippen LogP contribution in [0.1, 0.15) is 30.0 Å². The lowest BCUT2D eigenvalue weighted by molar-refractivity contribution is -0.140. The number of hydrogen-bond donors (Lipinski definition) is 0. The summed E-state index contributed by atoms with van der Waals surface area (Å²) >= 11 is 0. The standard InChI is InChI=1S/C19H23N3O2/c1-14-20-17(13-24-14)11-21-10-16-7-8-18(12-21)22(19(16)23)9-15-5-3-2-4-6-15/h2-6,13,16,18H,7-12H2,1H3/t16-,18+/m1/s1. The summed E-state index contributed by atoms with van der Waals surface area (Å²) in [5.41, 5.74) is 2.16. The Morgan fingerprint density at radius 3 is 2.75 bits per heavy atom. The summed E-state index contributed by atoms with van der Waals surface area (Å²) in [6.07, 6.45) is 3.83. The molecule has 0 spiro atoms. The highest BCUT2D eigenvalue weighted by atomic mass is 16.3. The number of fused-ring (bicyclic) bond motifs is 4. The minimum Gasteiger partial charge on any atom is -0.449 e. The van der Waals surface area contributed by atoms with E-state index in [9.17, 15) is 4.79 Å². The van der Waals surface area contributed by atoms with Gasteiger partial charge >= 0.3 is 0 Å². The second-order valence-corrected chi connectivity index (χ2v) is 6.93. The molecule has 126 valence electrons. The maximum absolute atomic E-state index is 12.9. The molecule has 5 heteroatoms. The lowest BCUT2D eigenvalue weighted by atomic mass is 9.93. The van der Waals surface area contributed by atoms with Gasteiger partial charge in [-0.25, -0.2) is 4.98 Å². The monoisotopic (exact) mass is 325 g/mol. The number of aryl methyl sites for hydroxylation is 1. The molecule has 3 fully saturated rings. The van der Waals surface area contributed by atoms with Gasteiger partial charge in [0.05, 0.1) is 11.6 Å². The molecule has 0 aliphatic carbocycles. The molecule has 0 radical (unpaired) electrons. The molecular formula is C19H23N3O2. The number of carbonyl (C=O) groups excluding carboxylic acids is 1. The fourth-order valence-corrected chi connectivity index (χ4v) is 3.96. The van der Waals surface area contributed by atoms with Crippen molar-refractivity contribution < 1.29 is 9.21 Å². The molecule has 2 bridgehead atoms. The lowest BCUT2D eigenvalue weighted by Crippen LogP contribution is -2.47. The van der Waals surface area contributed by atoms with E-state index in [4.69, 9.17) is 4.42 Å². The number of piperidine rings is 1. The fraction of sp³-hybridized carbons (Fsp3) is 0.474. The Bertz CT molecular complexity index is 712. The van der Waals surface area contributed by atoms with Crippen LogP contribution in [0.3, 0.4) is 0 Å². The van der Waals surface area contributed by atoms with E-state index in [1.54, 1.807) is 6.26 Å². The van der Waals surface area contributed by atoms with Crippen LogP contribution in [0.25, 0.3) is 0 Å². The lowest BCUT2D eigenvalue weighted by Gasteiger charge is -2.36. The Labute approximate surface area is 142 Å². The van der Waals surface area contributed by atoms with Crippen molar-refractivity contribution in [2.24, 2.45) is 5.92 Å². The van der Waals surface area contributed by atoms with Crippen molar-refractivity contribution in [1.29, 1.82) is 0 Å². The van der Waals surface area contributed by atoms with Crippen LogP contribution < -0.4 is 0 Å². The number of nitrogens with zero attached hydrogens (tertiary/aromatic N) is 3. The van der Waals surface area contributed by atoms with Gasteiger partial charge in [-0.15, -0.1) is 0 Å². The van der Waals surface area contributed by atoms with Crippen LogP contribution in [0.5, 0.6) is 0 Å². The Morgan fingerprint density at radius 1 is 1.17 bits per heavy atom. The maximum atomic E-state index is 12.9. The molecular weight excluding hydrogens is 302 g/mol. The van der Waals surface area contributed by atoms with Crippen LogP contribution in [0.2, 0.25) is 0 Å². The van der Waals surface area contributed by atoms with Crippen molar-refractivity contribution in [3.05, 3.63) is 53.7 Å². The van der Waals surface area contributed by atoms with Crippen molar-refractivity contribution in [2.45, 2.75) is 38.9 Å². The SMILES string of the molecule is Cc1nc(CN2C[C@H]3CC[C@@H](C2)N(Cc2ccccc2)C3=O)co1. The second kappa shape index (κ2) is 6.40. The second-order valence-electron chi connectivity index (χ2n) is 6.93. The predicted octanol–water partition coefficient (Wildman–Crippen LogP) is 2.61. The number of amides is 1. The Morgan fingerprint density at radius 2 is 2.00 bits per heavy atom. The zero-order valence-electron chi connectivity index (χ0n) is 14.0. The molecule has 2 atom stereocenters. The van der Waals surface area contributed by atoms with Crippen LogP contribution >= 0.6 is 0 Å². The van der Waals surface area contributed by atoms with E-state index in [1.165, 1.54) is 5.56 Å². The summed E-state index contributed by atoms with van der Waals surface area (Å²) in [5, 5.41) is 0. The molecule has 3 saturated heterocycles. The van der Waals surface area contributed by atoms with Crippen LogP contribution in [0, 0.1) is 12.8 Å². The molecule has 0 N–H and O–H groups in total. The molecule has 5 nitrogen and oxygen atoms in total. The summed E-state index contributed by atoms with van der Waals surface area (Å²) in [6.45, 7) is 5.09. The molecule has 1 amide bonds.